The quantitative estimate of drug-likeness (QED) is 0.926. The number of hydrogen-bond donors (Lipinski definition) is 1. The van der Waals surface area contributed by atoms with Gasteiger partial charge in [0.15, 0.2) is 0 Å². The zero-order valence-electron chi connectivity index (χ0n) is 10.8. The van der Waals surface area contributed by atoms with Gasteiger partial charge < -0.3 is 10.6 Å². The first-order valence-electron chi connectivity index (χ1n) is 6.63. The number of hydrogen-bond acceptors (Lipinski definition) is 2. The van der Waals surface area contributed by atoms with E-state index >= 15 is 0 Å². The van der Waals surface area contributed by atoms with Crippen LogP contribution >= 0.6 is 11.6 Å². The number of halogens is 1. The molecule has 3 rings (SSSR count). The van der Waals surface area contributed by atoms with E-state index in [1.54, 1.807) is 0 Å². The van der Waals surface area contributed by atoms with E-state index in [-0.39, 0.29) is 0 Å². The van der Waals surface area contributed by atoms with Crippen LogP contribution in [-0.2, 0) is 12.8 Å². The van der Waals surface area contributed by atoms with Crippen LogP contribution in [-0.4, -0.2) is 13.1 Å². The molecule has 1 aliphatic heterocycles. The molecule has 0 amide bonds. The monoisotopic (exact) mass is 272 g/mol. The first-order valence-corrected chi connectivity index (χ1v) is 7.01. The van der Waals surface area contributed by atoms with Gasteiger partial charge in [0.25, 0.3) is 0 Å². The maximum atomic E-state index is 6.43. The summed E-state index contributed by atoms with van der Waals surface area (Å²) >= 11 is 6.43. The molecule has 1 aliphatic rings. The van der Waals surface area contributed by atoms with Crippen molar-refractivity contribution >= 4 is 23.0 Å². The SMILES string of the molecule is NCCc1ccc(N2CCc3ccccc32)c(Cl)c1. The summed E-state index contributed by atoms with van der Waals surface area (Å²) in [6, 6.07) is 14.8. The van der Waals surface area contributed by atoms with Gasteiger partial charge in [-0.25, -0.2) is 0 Å². The average molecular weight is 273 g/mol. The van der Waals surface area contributed by atoms with E-state index in [4.69, 9.17) is 17.3 Å². The number of benzene rings is 2. The van der Waals surface area contributed by atoms with Crippen molar-refractivity contribution in [2.45, 2.75) is 12.8 Å². The van der Waals surface area contributed by atoms with E-state index in [2.05, 4.69) is 41.3 Å². The van der Waals surface area contributed by atoms with Gasteiger partial charge in [0.05, 0.1) is 10.7 Å². The molecule has 0 aliphatic carbocycles. The van der Waals surface area contributed by atoms with Gasteiger partial charge >= 0.3 is 0 Å². The Hall–Kier alpha value is -1.51. The maximum absolute atomic E-state index is 6.43. The first-order chi connectivity index (χ1) is 9.29. The largest absolute Gasteiger partial charge is 0.340 e. The number of para-hydroxylation sites is 1. The molecular formula is C16H17ClN2. The Kier molecular flexibility index (Phi) is 3.45. The first kappa shape index (κ1) is 12.5. The van der Waals surface area contributed by atoms with Crippen molar-refractivity contribution < 1.29 is 0 Å². The molecular weight excluding hydrogens is 256 g/mol. The average Bonchev–Trinajstić information content (AvgIpc) is 2.83. The summed E-state index contributed by atoms with van der Waals surface area (Å²) in [6.07, 6.45) is 1.95. The minimum Gasteiger partial charge on any atom is -0.340 e. The van der Waals surface area contributed by atoms with Crippen molar-refractivity contribution in [3.05, 3.63) is 58.6 Å². The molecule has 0 aromatic heterocycles. The lowest BCUT2D eigenvalue weighted by Crippen LogP contribution is -2.14. The van der Waals surface area contributed by atoms with Crippen LogP contribution in [0.4, 0.5) is 11.4 Å². The van der Waals surface area contributed by atoms with Gasteiger partial charge in [-0.1, -0.05) is 35.9 Å². The lowest BCUT2D eigenvalue weighted by Gasteiger charge is -2.21. The summed E-state index contributed by atoms with van der Waals surface area (Å²) in [4.78, 5) is 2.30. The Morgan fingerprint density at radius 3 is 2.74 bits per heavy atom. The smallest absolute Gasteiger partial charge is 0.0645 e. The maximum Gasteiger partial charge on any atom is 0.0645 e. The highest BCUT2D eigenvalue weighted by molar-refractivity contribution is 6.33. The minimum atomic E-state index is 0.655. The zero-order chi connectivity index (χ0) is 13.2. The fraction of sp³-hybridized carbons (Fsp3) is 0.250. The van der Waals surface area contributed by atoms with Crippen LogP contribution in [0.2, 0.25) is 5.02 Å². The summed E-state index contributed by atoms with van der Waals surface area (Å²) in [7, 11) is 0. The Bertz CT molecular complexity index is 595. The van der Waals surface area contributed by atoms with E-state index in [0.717, 1.165) is 30.1 Å². The van der Waals surface area contributed by atoms with Crippen LogP contribution in [0.3, 0.4) is 0 Å². The molecule has 0 saturated carbocycles. The van der Waals surface area contributed by atoms with E-state index < -0.39 is 0 Å². The summed E-state index contributed by atoms with van der Waals surface area (Å²) in [5.74, 6) is 0. The van der Waals surface area contributed by atoms with Crippen molar-refractivity contribution in [2.24, 2.45) is 5.73 Å². The van der Waals surface area contributed by atoms with Crippen molar-refractivity contribution in [3.63, 3.8) is 0 Å². The van der Waals surface area contributed by atoms with Crippen molar-refractivity contribution in [2.75, 3.05) is 18.0 Å². The molecule has 0 unspecified atom stereocenters. The van der Waals surface area contributed by atoms with Crippen molar-refractivity contribution in [1.29, 1.82) is 0 Å². The molecule has 2 N–H and O–H groups in total. The van der Waals surface area contributed by atoms with Crippen LogP contribution in [0.15, 0.2) is 42.5 Å². The second-order valence-electron chi connectivity index (χ2n) is 4.85. The van der Waals surface area contributed by atoms with Crippen molar-refractivity contribution in [3.8, 4) is 0 Å². The van der Waals surface area contributed by atoms with Gasteiger partial charge in [-0.3, -0.25) is 0 Å². The summed E-state index contributed by atoms with van der Waals surface area (Å²) in [5, 5.41) is 0.808. The number of nitrogens with zero attached hydrogens (tertiary/aromatic N) is 1. The lowest BCUT2D eigenvalue weighted by molar-refractivity contribution is 0.964. The van der Waals surface area contributed by atoms with Crippen LogP contribution in [0, 0.1) is 0 Å². The van der Waals surface area contributed by atoms with Crippen LogP contribution in [0.1, 0.15) is 11.1 Å². The summed E-state index contributed by atoms with van der Waals surface area (Å²) < 4.78 is 0. The third-order valence-corrected chi connectivity index (χ3v) is 3.93. The fourth-order valence-corrected chi connectivity index (χ4v) is 2.99. The molecule has 0 spiro atoms. The molecule has 98 valence electrons. The Labute approximate surface area is 118 Å². The van der Waals surface area contributed by atoms with Gasteiger partial charge in [0, 0.05) is 12.2 Å². The predicted molar refractivity (Wildman–Crippen MR) is 81.4 cm³/mol. The van der Waals surface area contributed by atoms with E-state index in [9.17, 15) is 0 Å². The zero-order valence-corrected chi connectivity index (χ0v) is 11.5. The fourth-order valence-electron chi connectivity index (χ4n) is 2.68. The van der Waals surface area contributed by atoms with Crippen LogP contribution in [0.25, 0.3) is 0 Å². The molecule has 2 aromatic rings. The number of anilines is 2. The minimum absolute atomic E-state index is 0.655. The lowest BCUT2D eigenvalue weighted by atomic mass is 10.1. The third-order valence-electron chi connectivity index (χ3n) is 3.62. The number of nitrogens with two attached hydrogens (primary N) is 1. The highest BCUT2D eigenvalue weighted by atomic mass is 35.5. The molecule has 2 aromatic carbocycles. The number of rotatable bonds is 3. The Morgan fingerprint density at radius 2 is 1.95 bits per heavy atom. The topological polar surface area (TPSA) is 29.3 Å². The molecule has 0 saturated heterocycles. The summed E-state index contributed by atoms with van der Waals surface area (Å²) in [6.45, 7) is 1.65. The molecule has 3 heteroatoms. The van der Waals surface area contributed by atoms with E-state index in [1.165, 1.54) is 16.8 Å². The molecule has 19 heavy (non-hydrogen) atoms. The number of fused-ring (bicyclic) bond motifs is 1. The highest BCUT2D eigenvalue weighted by Gasteiger charge is 2.21. The predicted octanol–water partition coefficient (Wildman–Crippen LogP) is 3.54. The molecule has 0 atom stereocenters. The van der Waals surface area contributed by atoms with Crippen molar-refractivity contribution in [1.82, 2.24) is 0 Å². The van der Waals surface area contributed by atoms with Gasteiger partial charge in [-0.05, 0) is 48.7 Å². The standard InChI is InChI=1S/C16H17ClN2/c17-14-11-12(7-9-18)5-6-16(14)19-10-8-13-3-1-2-4-15(13)19/h1-6,11H,7-10,18H2. The molecule has 0 radical (unpaired) electrons. The van der Waals surface area contributed by atoms with E-state index in [1.807, 2.05) is 6.07 Å². The summed E-state index contributed by atoms with van der Waals surface area (Å²) in [5.41, 5.74) is 10.5. The molecule has 2 nitrogen and oxygen atoms in total. The van der Waals surface area contributed by atoms with E-state index in [0.29, 0.717) is 6.54 Å². The molecule has 0 fully saturated rings. The van der Waals surface area contributed by atoms with Gasteiger partial charge in [0.1, 0.15) is 0 Å². The third kappa shape index (κ3) is 2.34. The second-order valence-corrected chi connectivity index (χ2v) is 5.26. The van der Waals surface area contributed by atoms with Crippen LogP contribution in [0.5, 0.6) is 0 Å². The molecule has 0 bridgehead atoms. The van der Waals surface area contributed by atoms with Gasteiger partial charge in [0.2, 0.25) is 0 Å². The Balaban J connectivity index is 1.96. The van der Waals surface area contributed by atoms with Gasteiger partial charge in [-0.15, -0.1) is 0 Å². The normalized spacial score (nSPS) is 13.7. The highest BCUT2D eigenvalue weighted by Crippen LogP contribution is 2.38. The Morgan fingerprint density at radius 1 is 1.11 bits per heavy atom. The van der Waals surface area contributed by atoms with Crippen LogP contribution < -0.4 is 10.6 Å². The van der Waals surface area contributed by atoms with Gasteiger partial charge in [-0.2, -0.15) is 0 Å². The molecule has 1 heterocycles. The second kappa shape index (κ2) is 5.24.